The third-order valence-electron chi connectivity index (χ3n) is 4.41. The monoisotopic (exact) mass is 371 g/mol. The number of allylic oxidation sites excluding steroid dienone is 2. The number of aliphatic hydroxyl groups is 1. The van der Waals surface area contributed by atoms with E-state index >= 15 is 0 Å². The van der Waals surface area contributed by atoms with E-state index in [1.54, 1.807) is 13.8 Å². The quantitative estimate of drug-likeness (QED) is 0.236. The Labute approximate surface area is 162 Å². The second kappa shape index (κ2) is 22.2. The molecule has 0 rings (SSSR count). The van der Waals surface area contributed by atoms with Crippen LogP contribution in [0.3, 0.4) is 0 Å². The molecule has 4 nitrogen and oxygen atoms in total. The summed E-state index contributed by atoms with van der Waals surface area (Å²) in [6.45, 7) is 5.70. The summed E-state index contributed by atoms with van der Waals surface area (Å²) in [5.41, 5.74) is 5.19. The smallest absolute Gasteiger partial charge is 0.303 e. The van der Waals surface area contributed by atoms with Gasteiger partial charge in [0.25, 0.3) is 0 Å². The van der Waals surface area contributed by atoms with Gasteiger partial charge in [-0.25, -0.2) is 0 Å². The number of aliphatic hydroxyl groups excluding tert-OH is 1. The summed E-state index contributed by atoms with van der Waals surface area (Å²) in [6.07, 6.45) is 20.9. The van der Waals surface area contributed by atoms with Crippen molar-refractivity contribution in [1.29, 1.82) is 0 Å². The highest BCUT2D eigenvalue weighted by atomic mass is 16.4. The summed E-state index contributed by atoms with van der Waals surface area (Å²) in [6, 6.07) is -0.0926. The Morgan fingerprint density at radius 2 is 1.23 bits per heavy atom. The fourth-order valence-electron chi connectivity index (χ4n) is 2.35. The maximum absolute atomic E-state index is 10.3. The van der Waals surface area contributed by atoms with Gasteiger partial charge in [0.15, 0.2) is 0 Å². The highest BCUT2D eigenvalue weighted by Gasteiger charge is 1.98. The van der Waals surface area contributed by atoms with Crippen molar-refractivity contribution in [2.45, 2.75) is 123 Å². The van der Waals surface area contributed by atoms with Gasteiger partial charge in [0.1, 0.15) is 0 Å². The molecule has 0 radical (unpaired) electrons. The van der Waals surface area contributed by atoms with E-state index < -0.39 is 5.97 Å². The Balaban J connectivity index is 0. The van der Waals surface area contributed by atoms with Gasteiger partial charge in [-0.3, -0.25) is 4.79 Å². The first kappa shape index (κ1) is 27.3. The zero-order chi connectivity index (χ0) is 20.0. The predicted molar refractivity (Wildman–Crippen MR) is 112 cm³/mol. The lowest BCUT2D eigenvalue weighted by Crippen LogP contribution is -2.28. The SMILES string of the molecule is CC(N)C(C)O.CCCCCCCC/C=C\CCCCCCCC(=O)O. The molecule has 0 aromatic carbocycles. The molecule has 0 aliphatic heterocycles. The van der Waals surface area contributed by atoms with Crippen molar-refractivity contribution in [1.82, 2.24) is 0 Å². The average molecular weight is 372 g/mol. The molecule has 0 aliphatic rings. The minimum absolute atomic E-state index is 0.0926. The third kappa shape index (κ3) is 28.0. The average Bonchev–Trinajstić information content (AvgIpc) is 2.58. The molecule has 0 amide bonds. The summed E-state index contributed by atoms with van der Waals surface area (Å²) in [5.74, 6) is -0.664. The van der Waals surface area contributed by atoms with Crippen molar-refractivity contribution in [2.24, 2.45) is 5.73 Å². The van der Waals surface area contributed by atoms with Gasteiger partial charge >= 0.3 is 5.97 Å². The minimum atomic E-state index is -0.664. The van der Waals surface area contributed by atoms with Crippen LogP contribution in [0.4, 0.5) is 0 Å². The summed E-state index contributed by atoms with van der Waals surface area (Å²) in [4.78, 5) is 10.3. The largest absolute Gasteiger partial charge is 0.481 e. The molecule has 0 aromatic rings. The molecule has 0 spiro atoms. The Bertz CT molecular complexity index is 309. The molecule has 4 N–H and O–H groups in total. The van der Waals surface area contributed by atoms with Crippen molar-refractivity contribution in [3.8, 4) is 0 Å². The van der Waals surface area contributed by atoms with E-state index in [1.165, 1.54) is 70.6 Å². The van der Waals surface area contributed by atoms with Crippen LogP contribution in [0.15, 0.2) is 12.2 Å². The zero-order valence-corrected chi connectivity index (χ0v) is 17.6. The Morgan fingerprint density at radius 3 is 1.62 bits per heavy atom. The molecule has 0 aliphatic carbocycles. The van der Waals surface area contributed by atoms with Gasteiger partial charge in [0.05, 0.1) is 6.10 Å². The van der Waals surface area contributed by atoms with Crippen LogP contribution in [0.1, 0.15) is 111 Å². The van der Waals surface area contributed by atoms with E-state index in [0.717, 1.165) is 12.8 Å². The topological polar surface area (TPSA) is 83.5 Å². The first-order valence-corrected chi connectivity index (χ1v) is 10.7. The normalized spacial score (nSPS) is 13.3. The molecule has 0 saturated heterocycles. The number of hydrogen-bond donors (Lipinski definition) is 3. The van der Waals surface area contributed by atoms with E-state index in [1.807, 2.05) is 0 Å². The van der Waals surface area contributed by atoms with Gasteiger partial charge in [0.2, 0.25) is 0 Å². The van der Waals surface area contributed by atoms with Crippen LogP contribution in [0.25, 0.3) is 0 Å². The molecule has 0 bridgehead atoms. The Morgan fingerprint density at radius 1 is 0.846 bits per heavy atom. The molecular weight excluding hydrogens is 326 g/mol. The minimum Gasteiger partial charge on any atom is -0.481 e. The molecule has 156 valence electrons. The van der Waals surface area contributed by atoms with Gasteiger partial charge in [-0.05, 0) is 46.0 Å². The molecule has 2 atom stereocenters. The van der Waals surface area contributed by atoms with Crippen LogP contribution < -0.4 is 5.73 Å². The number of unbranched alkanes of at least 4 members (excludes halogenated alkanes) is 11. The molecule has 0 aromatic heterocycles. The van der Waals surface area contributed by atoms with Gasteiger partial charge in [0, 0.05) is 12.5 Å². The highest BCUT2D eigenvalue weighted by molar-refractivity contribution is 5.66. The molecule has 2 unspecified atom stereocenters. The number of rotatable bonds is 16. The van der Waals surface area contributed by atoms with Crippen LogP contribution in [-0.2, 0) is 4.79 Å². The summed E-state index contributed by atoms with van der Waals surface area (Å²) in [5, 5.41) is 17.0. The van der Waals surface area contributed by atoms with Crippen molar-refractivity contribution in [2.75, 3.05) is 0 Å². The summed E-state index contributed by atoms with van der Waals surface area (Å²) < 4.78 is 0. The van der Waals surface area contributed by atoms with Crippen molar-refractivity contribution in [3.63, 3.8) is 0 Å². The van der Waals surface area contributed by atoms with Gasteiger partial charge in [-0.1, -0.05) is 70.4 Å². The van der Waals surface area contributed by atoms with Crippen molar-refractivity contribution >= 4 is 5.97 Å². The molecule has 0 saturated carbocycles. The van der Waals surface area contributed by atoms with Crippen molar-refractivity contribution < 1.29 is 15.0 Å². The van der Waals surface area contributed by atoms with Crippen LogP contribution in [-0.4, -0.2) is 28.3 Å². The summed E-state index contributed by atoms with van der Waals surface area (Å²) >= 11 is 0. The van der Waals surface area contributed by atoms with Crippen molar-refractivity contribution in [3.05, 3.63) is 12.2 Å². The van der Waals surface area contributed by atoms with Crippen LogP contribution in [0.5, 0.6) is 0 Å². The van der Waals surface area contributed by atoms with E-state index in [9.17, 15) is 4.79 Å². The highest BCUT2D eigenvalue weighted by Crippen LogP contribution is 2.09. The van der Waals surface area contributed by atoms with E-state index in [4.69, 9.17) is 15.9 Å². The lowest BCUT2D eigenvalue weighted by Gasteiger charge is -2.04. The zero-order valence-electron chi connectivity index (χ0n) is 17.6. The maximum Gasteiger partial charge on any atom is 0.303 e. The molecule has 0 fully saturated rings. The fraction of sp³-hybridized carbons (Fsp3) is 0.864. The lowest BCUT2D eigenvalue weighted by molar-refractivity contribution is -0.137. The molecule has 0 heterocycles. The van der Waals surface area contributed by atoms with Gasteiger partial charge < -0.3 is 15.9 Å². The number of carbonyl (C=O) groups is 1. The van der Waals surface area contributed by atoms with Gasteiger partial charge in [-0.15, -0.1) is 0 Å². The lowest BCUT2D eigenvalue weighted by atomic mass is 10.1. The Kier molecular flexibility index (Phi) is 23.3. The maximum atomic E-state index is 10.3. The Hall–Kier alpha value is -0.870. The summed E-state index contributed by atoms with van der Waals surface area (Å²) in [7, 11) is 0. The number of carboxylic acids is 1. The van der Waals surface area contributed by atoms with E-state index in [-0.39, 0.29) is 12.1 Å². The number of carboxylic acid groups (broad SMARTS) is 1. The van der Waals surface area contributed by atoms with Crippen LogP contribution in [0.2, 0.25) is 0 Å². The first-order chi connectivity index (χ1) is 12.4. The van der Waals surface area contributed by atoms with Crippen LogP contribution >= 0.6 is 0 Å². The molecule has 26 heavy (non-hydrogen) atoms. The standard InChI is InChI=1S/C18H34O2.C4H11NO/c1-2-3-4-5-6-7-8-9-10-11-12-13-14-15-16-17-18(19)20;1-3(5)4(2)6/h9-10H,2-8,11-17H2,1H3,(H,19,20);3-4,6H,5H2,1-2H3/b10-9-;. The van der Waals surface area contributed by atoms with E-state index in [0.29, 0.717) is 6.42 Å². The number of hydrogen-bond acceptors (Lipinski definition) is 3. The van der Waals surface area contributed by atoms with E-state index in [2.05, 4.69) is 19.1 Å². The van der Waals surface area contributed by atoms with Crippen LogP contribution in [0, 0.1) is 0 Å². The fourth-order valence-corrected chi connectivity index (χ4v) is 2.35. The second-order valence-electron chi connectivity index (χ2n) is 7.33. The molecule has 4 heteroatoms. The second-order valence-corrected chi connectivity index (χ2v) is 7.33. The molecular formula is C22H45NO3. The first-order valence-electron chi connectivity index (χ1n) is 10.7. The number of nitrogens with two attached hydrogens (primary N) is 1. The third-order valence-corrected chi connectivity index (χ3v) is 4.41. The van der Waals surface area contributed by atoms with Gasteiger partial charge in [-0.2, -0.15) is 0 Å². The predicted octanol–water partition coefficient (Wildman–Crippen LogP) is 5.82. The number of aliphatic carboxylic acids is 1.